The summed E-state index contributed by atoms with van der Waals surface area (Å²) >= 11 is 6.30. The van der Waals surface area contributed by atoms with E-state index in [9.17, 15) is 0 Å². The number of nitrogens with zero attached hydrogens (tertiary/aromatic N) is 3. The summed E-state index contributed by atoms with van der Waals surface area (Å²) in [5.74, 6) is 2.35. The van der Waals surface area contributed by atoms with Gasteiger partial charge in [0.25, 0.3) is 0 Å². The van der Waals surface area contributed by atoms with Crippen LogP contribution in [0, 0.1) is 0 Å². The number of hydrogen-bond donors (Lipinski definition) is 0. The summed E-state index contributed by atoms with van der Waals surface area (Å²) in [5.41, 5.74) is 2.25. The van der Waals surface area contributed by atoms with Crippen LogP contribution < -0.4 is 19.1 Å². The normalized spacial score (nSPS) is 10.6. The van der Waals surface area contributed by atoms with Crippen LogP contribution in [0.3, 0.4) is 0 Å². The van der Waals surface area contributed by atoms with Crippen LogP contribution in [0.4, 0.5) is 5.82 Å². The van der Waals surface area contributed by atoms with Crippen LogP contribution in [0.1, 0.15) is 30.9 Å². The number of rotatable bonds is 11. The van der Waals surface area contributed by atoms with Gasteiger partial charge >= 0.3 is 6.01 Å². The molecule has 0 aliphatic carbocycles. The number of benzene rings is 2. The highest BCUT2D eigenvalue weighted by Gasteiger charge is 2.14. The first kappa shape index (κ1) is 22.7. The molecule has 2 aromatic carbocycles. The van der Waals surface area contributed by atoms with E-state index in [1.165, 1.54) is 0 Å². The molecule has 0 unspecified atom stereocenters. The summed E-state index contributed by atoms with van der Waals surface area (Å²) in [7, 11) is 3.32. The molecule has 0 spiro atoms. The molecule has 31 heavy (non-hydrogen) atoms. The van der Waals surface area contributed by atoms with Gasteiger partial charge in [-0.15, -0.1) is 0 Å². The number of aromatic nitrogens is 2. The Morgan fingerprint density at radius 1 is 0.839 bits per heavy atom. The number of unbranched alkanes of at least 4 members (excludes halogenated alkanes) is 1. The van der Waals surface area contributed by atoms with E-state index in [-0.39, 0.29) is 0 Å². The molecule has 0 fully saturated rings. The topological polar surface area (TPSA) is 56.7 Å². The minimum atomic E-state index is 0.297. The van der Waals surface area contributed by atoms with Crippen LogP contribution in [-0.4, -0.2) is 30.8 Å². The van der Waals surface area contributed by atoms with Crippen molar-refractivity contribution in [2.75, 3.05) is 25.7 Å². The maximum Gasteiger partial charge on any atom is 0.319 e. The minimum Gasteiger partial charge on any atom is -0.497 e. The van der Waals surface area contributed by atoms with Crippen LogP contribution in [-0.2, 0) is 13.1 Å². The molecule has 0 saturated heterocycles. The Balaban J connectivity index is 1.87. The molecular formula is C24H28ClN3O3. The lowest BCUT2D eigenvalue weighted by molar-refractivity contribution is 0.285. The van der Waals surface area contributed by atoms with E-state index in [0.29, 0.717) is 36.7 Å². The van der Waals surface area contributed by atoms with Crippen LogP contribution >= 0.6 is 11.6 Å². The third-order valence-electron chi connectivity index (χ3n) is 4.78. The van der Waals surface area contributed by atoms with Crippen LogP contribution in [0.2, 0.25) is 5.15 Å². The third-order valence-corrected chi connectivity index (χ3v) is 4.97. The molecule has 0 N–H and O–H groups in total. The van der Waals surface area contributed by atoms with Crippen molar-refractivity contribution in [2.24, 2.45) is 0 Å². The van der Waals surface area contributed by atoms with E-state index in [4.69, 9.17) is 25.8 Å². The van der Waals surface area contributed by atoms with E-state index >= 15 is 0 Å². The predicted octanol–water partition coefficient (Wildman–Crippen LogP) is 5.53. The van der Waals surface area contributed by atoms with Crippen molar-refractivity contribution in [1.82, 2.24) is 9.97 Å². The van der Waals surface area contributed by atoms with Gasteiger partial charge in [-0.25, -0.2) is 0 Å². The van der Waals surface area contributed by atoms with Crippen molar-refractivity contribution in [2.45, 2.75) is 32.9 Å². The number of ether oxygens (including phenoxy) is 3. The molecule has 0 bridgehead atoms. The summed E-state index contributed by atoms with van der Waals surface area (Å²) in [6.45, 7) is 3.95. The van der Waals surface area contributed by atoms with E-state index in [2.05, 4.69) is 21.8 Å². The van der Waals surface area contributed by atoms with Crippen molar-refractivity contribution in [3.8, 4) is 17.5 Å². The van der Waals surface area contributed by atoms with Crippen molar-refractivity contribution in [3.05, 3.63) is 70.9 Å². The Kier molecular flexibility index (Phi) is 8.35. The van der Waals surface area contributed by atoms with Gasteiger partial charge in [0.05, 0.1) is 20.8 Å². The molecule has 1 aromatic heterocycles. The van der Waals surface area contributed by atoms with E-state index in [0.717, 1.165) is 35.5 Å². The molecule has 0 saturated carbocycles. The minimum absolute atomic E-state index is 0.297. The quantitative estimate of drug-likeness (QED) is 0.288. The Labute approximate surface area is 188 Å². The van der Waals surface area contributed by atoms with Gasteiger partial charge < -0.3 is 19.1 Å². The van der Waals surface area contributed by atoms with E-state index in [1.54, 1.807) is 20.3 Å². The molecular weight excluding hydrogens is 414 g/mol. The maximum absolute atomic E-state index is 6.30. The first-order valence-electron chi connectivity index (χ1n) is 10.3. The Bertz CT molecular complexity index is 900. The zero-order valence-corrected chi connectivity index (χ0v) is 18.9. The van der Waals surface area contributed by atoms with Crippen molar-refractivity contribution < 1.29 is 14.2 Å². The Hall–Kier alpha value is -2.99. The lowest BCUT2D eigenvalue weighted by atomic mass is 10.1. The molecule has 0 radical (unpaired) electrons. The fourth-order valence-electron chi connectivity index (χ4n) is 3.04. The lowest BCUT2D eigenvalue weighted by Gasteiger charge is -2.25. The first-order valence-corrected chi connectivity index (χ1v) is 10.7. The number of halogens is 1. The number of anilines is 1. The predicted molar refractivity (Wildman–Crippen MR) is 123 cm³/mol. The zero-order chi connectivity index (χ0) is 22.1. The molecule has 0 amide bonds. The number of hydrogen-bond acceptors (Lipinski definition) is 6. The fourth-order valence-corrected chi connectivity index (χ4v) is 3.21. The van der Waals surface area contributed by atoms with Crippen molar-refractivity contribution in [1.29, 1.82) is 0 Å². The second-order valence-corrected chi connectivity index (χ2v) is 7.47. The van der Waals surface area contributed by atoms with Crippen molar-refractivity contribution in [3.63, 3.8) is 0 Å². The monoisotopic (exact) mass is 441 g/mol. The summed E-state index contributed by atoms with van der Waals surface area (Å²) in [4.78, 5) is 11.0. The van der Waals surface area contributed by atoms with E-state index < -0.39 is 0 Å². The molecule has 7 heteroatoms. The van der Waals surface area contributed by atoms with Gasteiger partial charge in [-0.1, -0.05) is 49.2 Å². The van der Waals surface area contributed by atoms with Crippen LogP contribution in [0.5, 0.6) is 17.5 Å². The molecule has 1 heterocycles. The van der Waals surface area contributed by atoms with Crippen LogP contribution in [0.25, 0.3) is 0 Å². The average Bonchev–Trinajstić information content (AvgIpc) is 2.79. The van der Waals surface area contributed by atoms with Gasteiger partial charge in [0.1, 0.15) is 22.5 Å². The largest absolute Gasteiger partial charge is 0.497 e. The fraction of sp³-hybridized carbons (Fsp3) is 0.333. The highest BCUT2D eigenvalue weighted by molar-refractivity contribution is 6.29. The number of methoxy groups -OCH3 is 2. The Morgan fingerprint density at radius 3 is 1.87 bits per heavy atom. The van der Waals surface area contributed by atoms with E-state index in [1.807, 2.05) is 48.5 Å². The SMILES string of the molecule is CCCCOc1nc(Cl)cc(N(Cc2ccc(OC)cc2)Cc2ccc(OC)cc2)n1. The molecule has 6 nitrogen and oxygen atoms in total. The summed E-state index contributed by atoms with van der Waals surface area (Å²) in [6, 6.07) is 18.0. The van der Waals surface area contributed by atoms with Gasteiger partial charge in [-0.3, -0.25) is 0 Å². The highest BCUT2D eigenvalue weighted by atomic mass is 35.5. The molecule has 0 atom stereocenters. The van der Waals surface area contributed by atoms with Gasteiger partial charge in [0.15, 0.2) is 0 Å². The zero-order valence-electron chi connectivity index (χ0n) is 18.2. The van der Waals surface area contributed by atoms with Gasteiger partial charge in [0, 0.05) is 19.2 Å². The highest BCUT2D eigenvalue weighted by Crippen LogP contribution is 2.25. The van der Waals surface area contributed by atoms with Gasteiger partial charge in [-0.2, -0.15) is 9.97 Å². The molecule has 3 aromatic rings. The third kappa shape index (κ3) is 6.76. The maximum atomic E-state index is 6.30. The molecule has 3 rings (SSSR count). The standard InChI is InChI=1S/C24H28ClN3O3/c1-4-5-14-31-24-26-22(25)15-23(27-24)28(16-18-6-10-20(29-2)11-7-18)17-19-8-12-21(30-3)13-9-19/h6-13,15H,4-5,14,16-17H2,1-3H3. The van der Waals surface area contributed by atoms with Gasteiger partial charge in [0.2, 0.25) is 0 Å². The smallest absolute Gasteiger partial charge is 0.319 e. The second-order valence-electron chi connectivity index (χ2n) is 7.09. The summed E-state index contributed by atoms with van der Waals surface area (Å²) in [5, 5.41) is 0.353. The molecule has 0 aliphatic rings. The summed E-state index contributed by atoms with van der Waals surface area (Å²) < 4.78 is 16.3. The summed E-state index contributed by atoms with van der Waals surface area (Å²) in [6.07, 6.45) is 1.97. The first-order chi connectivity index (χ1) is 15.1. The lowest BCUT2D eigenvalue weighted by Crippen LogP contribution is -2.23. The molecule has 164 valence electrons. The van der Waals surface area contributed by atoms with Crippen molar-refractivity contribution >= 4 is 17.4 Å². The average molecular weight is 442 g/mol. The van der Waals surface area contributed by atoms with Gasteiger partial charge in [-0.05, 0) is 41.8 Å². The second kappa shape index (κ2) is 11.4. The molecule has 0 aliphatic heterocycles. The Morgan fingerprint density at radius 2 is 1.39 bits per heavy atom. The van der Waals surface area contributed by atoms with Crippen LogP contribution in [0.15, 0.2) is 54.6 Å².